The predicted molar refractivity (Wildman–Crippen MR) is 70.9 cm³/mol. The fourth-order valence-corrected chi connectivity index (χ4v) is 2.32. The number of anilines is 1. The lowest BCUT2D eigenvalue weighted by Gasteiger charge is -2.08. The molecule has 1 amide bonds. The van der Waals surface area contributed by atoms with E-state index >= 15 is 0 Å². The summed E-state index contributed by atoms with van der Waals surface area (Å²) in [5.74, 6) is 0.00323. The van der Waals surface area contributed by atoms with Crippen molar-refractivity contribution in [2.75, 3.05) is 11.9 Å². The third-order valence-electron chi connectivity index (χ3n) is 2.44. The van der Waals surface area contributed by atoms with Crippen molar-refractivity contribution in [2.24, 2.45) is 0 Å². The van der Waals surface area contributed by atoms with E-state index in [-0.39, 0.29) is 17.7 Å². The number of nitrogens with zero attached hydrogens (tertiary/aromatic N) is 1. The van der Waals surface area contributed by atoms with Crippen molar-refractivity contribution < 1.29 is 9.21 Å². The molecule has 0 radical (unpaired) electrons. The predicted octanol–water partition coefficient (Wildman–Crippen LogP) is 2.66. The minimum Gasteiger partial charge on any atom is -0.459 e. The van der Waals surface area contributed by atoms with Crippen molar-refractivity contribution in [3.63, 3.8) is 0 Å². The monoisotopic (exact) mass is 265 g/mol. The van der Waals surface area contributed by atoms with E-state index in [4.69, 9.17) is 4.42 Å². The lowest BCUT2D eigenvalue weighted by molar-refractivity contribution is 0.0996. The van der Waals surface area contributed by atoms with Crippen LogP contribution >= 0.6 is 11.3 Å². The summed E-state index contributed by atoms with van der Waals surface area (Å²) < 4.78 is 5.01. The topological polar surface area (TPSA) is 67.2 Å². The first kappa shape index (κ1) is 12.8. The molecule has 1 unspecified atom stereocenters. The summed E-state index contributed by atoms with van der Waals surface area (Å²) in [7, 11) is 0. The van der Waals surface area contributed by atoms with Gasteiger partial charge in [-0.2, -0.15) is 0 Å². The molecule has 0 saturated heterocycles. The van der Waals surface area contributed by atoms with Crippen molar-refractivity contribution in [1.29, 1.82) is 0 Å². The Morgan fingerprint density at radius 2 is 2.44 bits per heavy atom. The average Bonchev–Trinajstić information content (AvgIpc) is 2.99. The minimum absolute atomic E-state index is 0.181. The molecule has 2 rings (SSSR count). The summed E-state index contributed by atoms with van der Waals surface area (Å²) >= 11 is 1.40. The largest absolute Gasteiger partial charge is 0.459 e. The zero-order chi connectivity index (χ0) is 13.0. The summed E-state index contributed by atoms with van der Waals surface area (Å²) in [4.78, 5) is 16.1. The van der Waals surface area contributed by atoms with Gasteiger partial charge in [0.25, 0.3) is 5.91 Å². The van der Waals surface area contributed by atoms with Crippen molar-refractivity contribution in [3.8, 4) is 0 Å². The summed E-state index contributed by atoms with van der Waals surface area (Å²) in [5, 5.41) is 8.49. The van der Waals surface area contributed by atoms with E-state index in [0.717, 1.165) is 12.2 Å². The van der Waals surface area contributed by atoms with Crippen LogP contribution in [0.1, 0.15) is 36.1 Å². The molecule has 0 aromatic carbocycles. The lowest BCUT2D eigenvalue weighted by atomic mass is 10.3. The van der Waals surface area contributed by atoms with Gasteiger partial charge in [-0.15, -0.1) is 11.3 Å². The lowest BCUT2D eigenvalue weighted by Crippen LogP contribution is -2.18. The SMILES string of the molecule is CCNC(C)c1csc(NC(=O)c2ccco2)n1. The fraction of sp³-hybridized carbons (Fsp3) is 0.333. The molecular weight excluding hydrogens is 250 g/mol. The number of thiazole rings is 1. The van der Waals surface area contributed by atoms with Crippen LogP contribution in [0.25, 0.3) is 0 Å². The second-order valence-corrected chi connectivity index (χ2v) is 4.65. The van der Waals surface area contributed by atoms with E-state index in [0.29, 0.717) is 5.13 Å². The van der Waals surface area contributed by atoms with Crippen LogP contribution in [0.15, 0.2) is 28.2 Å². The Balaban J connectivity index is 2.00. The highest BCUT2D eigenvalue weighted by Gasteiger charge is 2.13. The van der Waals surface area contributed by atoms with Gasteiger partial charge in [0.15, 0.2) is 10.9 Å². The van der Waals surface area contributed by atoms with Gasteiger partial charge in [0.05, 0.1) is 12.0 Å². The average molecular weight is 265 g/mol. The summed E-state index contributed by atoms with van der Waals surface area (Å²) in [6, 6.07) is 3.47. The van der Waals surface area contributed by atoms with Crippen LogP contribution < -0.4 is 10.6 Å². The van der Waals surface area contributed by atoms with Crippen LogP contribution in [0.2, 0.25) is 0 Å². The van der Waals surface area contributed by atoms with Crippen LogP contribution in [0.3, 0.4) is 0 Å². The third kappa shape index (κ3) is 2.96. The smallest absolute Gasteiger partial charge is 0.293 e. The number of furan rings is 1. The van der Waals surface area contributed by atoms with Crippen LogP contribution in [0, 0.1) is 0 Å². The van der Waals surface area contributed by atoms with Crippen molar-refractivity contribution in [2.45, 2.75) is 19.9 Å². The Hall–Kier alpha value is -1.66. The maximum absolute atomic E-state index is 11.7. The van der Waals surface area contributed by atoms with Crippen LogP contribution in [0.5, 0.6) is 0 Å². The normalized spacial score (nSPS) is 12.3. The number of rotatable bonds is 5. The number of carbonyl (C=O) groups is 1. The Kier molecular flexibility index (Phi) is 4.11. The zero-order valence-electron chi connectivity index (χ0n) is 10.3. The Labute approximate surface area is 109 Å². The molecule has 0 aliphatic carbocycles. The van der Waals surface area contributed by atoms with E-state index < -0.39 is 0 Å². The molecule has 0 bridgehead atoms. The maximum Gasteiger partial charge on any atom is 0.293 e. The molecule has 2 heterocycles. The minimum atomic E-state index is -0.281. The number of hydrogen-bond donors (Lipinski definition) is 2. The first-order valence-electron chi connectivity index (χ1n) is 5.74. The van der Waals surface area contributed by atoms with E-state index in [1.165, 1.54) is 17.6 Å². The molecule has 0 spiro atoms. The second-order valence-electron chi connectivity index (χ2n) is 3.79. The first-order valence-corrected chi connectivity index (χ1v) is 6.62. The molecule has 2 aromatic rings. The van der Waals surface area contributed by atoms with Gasteiger partial charge in [-0.3, -0.25) is 10.1 Å². The Morgan fingerprint density at radius 3 is 3.11 bits per heavy atom. The summed E-state index contributed by atoms with van der Waals surface area (Å²) in [6.45, 7) is 4.96. The zero-order valence-corrected chi connectivity index (χ0v) is 11.1. The van der Waals surface area contributed by atoms with Gasteiger partial charge in [-0.1, -0.05) is 6.92 Å². The second kappa shape index (κ2) is 5.79. The van der Waals surface area contributed by atoms with Crippen molar-refractivity contribution in [1.82, 2.24) is 10.3 Å². The standard InChI is InChI=1S/C12H15N3O2S/c1-3-13-8(2)9-7-18-12(14-9)15-11(16)10-5-4-6-17-10/h4-8,13H,3H2,1-2H3,(H,14,15,16). The van der Waals surface area contributed by atoms with Gasteiger partial charge in [-0.05, 0) is 25.6 Å². The molecule has 6 heteroatoms. The molecule has 18 heavy (non-hydrogen) atoms. The number of amides is 1. The molecular formula is C12H15N3O2S. The summed E-state index contributed by atoms with van der Waals surface area (Å²) in [5.41, 5.74) is 0.927. The quantitative estimate of drug-likeness (QED) is 0.872. The molecule has 2 N–H and O–H groups in total. The van der Waals surface area contributed by atoms with Gasteiger partial charge in [0, 0.05) is 11.4 Å². The maximum atomic E-state index is 11.7. The van der Waals surface area contributed by atoms with Gasteiger partial charge in [-0.25, -0.2) is 4.98 Å². The highest BCUT2D eigenvalue weighted by Crippen LogP contribution is 2.21. The van der Waals surface area contributed by atoms with Crippen LogP contribution in [-0.2, 0) is 0 Å². The van der Waals surface area contributed by atoms with Crippen LogP contribution in [0.4, 0.5) is 5.13 Å². The molecule has 96 valence electrons. The van der Waals surface area contributed by atoms with Gasteiger partial charge < -0.3 is 9.73 Å². The Morgan fingerprint density at radius 1 is 1.61 bits per heavy atom. The van der Waals surface area contributed by atoms with Crippen LogP contribution in [-0.4, -0.2) is 17.4 Å². The number of carbonyl (C=O) groups excluding carboxylic acids is 1. The van der Waals surface area contributed by atoms with Crippen molar-refractivity contribution >= 4 is 22.4 Å². The molecule has 0 aliphatic rings. The summed E-state index contributed by atoms with van der Waals surface area (Å²) in [6.07, 6.45) is 1.47. The number of nitrogens with one attached hydrogen (secondary N) is 2. The molecule has 1 atom stereocenters. The van der Waals surface area contributed by atoms with E-state index in [1.54, 1.807) is 12.1 Å². The van der Waals surface area contributed by atoms with E-state index in [2.05, 4.69) is 15.6 Å². The molecule has 2 aromatic heterocycles. The third-order valence-corrected chi connectivity index (χ3v) is 3.22. The van der Waals surface area contributed by atoms with Crippen molar-refractivity contribution in [3.05, 3.63) is 35.2 Å². The number of aromatic nitrogens is 1. The van der Waals surface area contributed by atoms with Gasteiger partial charge >= 0.3 is 0 Å². The van der Waals surface area contributed by atoms with E-state index in [1.807, 2.05) is 19.2 Å². The molecule has 0 aliphatic heterocycles. The van der Waals surface area contributed by atoms with Gasteiger partial charge in [0.1, 0.15) is 0 Å². The molecule has 0 fully saturated rings. The fourth-order valence-electron chi connectivity index (χ4n) is 1.52. The van der Waals surface area contributed by atoms with E-state index in [9.17, 15) is 4.79 Å². The van der Waals surface area contributed by atoms with Gasteiger partial charge in [0.2, 0.25) is 0 Å². The highest BCUT2D eigenvalue weighted by atomic mass is 32.1. The highest BCUT2D eigenvalue weighted by molar-refractivity contribution is 7.14. The Bertz CT molecular complexity index is 507. The first-order chi connectivity index (χ1) is 8.70. The molecule has 0 saturated carbocycles. The molecule has 5 nitrogen and oxygen atoms in total. The number of hydrogen-bond acceptors (Lipinski definition) is 5.